The predicted molar refractivity (Wildman–Crippen MR) is 290 cm³/mol. The topological polar surface area (TPSA) is 24.9 Å². The highest BCUT2D eigenvalue weighted by atomic mass is 16.6. The molecule has 2 aliphatic carbocycles. The van der Waals surface area contributed by atoms with Gasteiger partial charge in [0.1, 0.15) is 0 Å². The first-order chi connectivity index (χ1) is 35.3. The minimum atomic E-state index is -0.557. The van der Waals surface area contributed by atoms with E-state index in [0.717, 1.165) is 67.5 Å². The maximum absolute atomic E-state index is 7.84. The SMILES string of the molecule is c1ccc(-c2ccccc2N(c2ccccc2)c2ccc(N(c3ccccc3)c3ccccc3-c3ccccc3)c3c2Oc2ccc4c(c2O3)-c2ccccc2C42c3ccccc3-c3ccccc32)cc1. The van der Waals surface area contributed by atoms with Crippen molar-refractivity contribution >= 4 is 34.1 Å². The smallest absolute Gasteiger partial charge is 0.196 e. The molecule has 0 radical (unpaired) electrons. The third kappa shape index (κ3) is 6.18. The summed E-state index contributed by atoms with van der Waals surface area (Å²) in [6.45, 7) is 0. The first-order valence-corrected chi connectivity index (χ1v) is 24.3. The monoisotopic (exact) mass is 908 g/mol. The minimum absolute atomic E-state index is 0.557. The van der Waals surface area contributed by atoms with Gasteiger partial charge in [-0.3, -0.25) is 0 Å². The van der Waals surface area contributed by atoms with Gasteiger partial charge in [0.05, 0.1) is 28.2 Å². The van der Waals surface area contributed by atoms with Crippen LogP contribution in [0.3, 0.4) is 0 Å². The molecular formula is C67H44N2O2. The van der Waals surface area contributed by atoms with E-state index >= 15 is 0 Å². The van der Waals surface area contributed by atoms with E-state index in [1.165, 1.54) is 33.4 Å². The van der Waals surface area contributed by atoms with Crippen molar-refractivity contribution in [1.82, 2.24) is 0 Å². The second-order valence-electron chi connectivity index (χ2n) is 18.3. The summed E-state index contributed by atoms with van der Waals surface area (Å²) in [5.74, 6) is 2.57. The number of hydrogen-bond donors (Lipinski definition) is 0. The Balaban J connectivity index is 1.06. The van der Waals surface area contributed by atoms with Crippen LogP contribution in [-0.4, -0.2) is 0 Å². The Kier molecular flexibility index (Phi) is 9.39. The third-order valence-electron chi connectivity index (χ3n) is 14.5. The molecule has 0 atom stereocenters. The number of benzene rings is 11. The highest BCUT2D eigenvalue weighted by molar-refractivity contribution is 6.00. The van der Waals surface area contributed by atoms with Gasteiger partial charge in [0.2, 0.25) is 0 Å². The van der Waals surface area contributed by atoms with Gasteiger partial charge in [0.15, 0.2) is 23.0 Å². The van der Waals surface area contributed by atoms with Gasteiger partial charge in [-0.15, -0.1) is 0 Å². The van der Waals surface area contributed by atoms with Crippen molar-refractivity contribution in [2.45, 2.75) is 5.41 Å². The lowest BCUT2D eigenvalue weighted by Crippen LogP contribution is -2.25. The molecular weight excluding hydrogens is 865 g/mol. The van der Waals surface area contributed by atoms with Crippen LogP contribution >= 0.6 is 0 Å². The van der Waals surface area contributed by atoms with Crippen LogP contribution in [0.15, 0.2) is 267 Å². The average Bonchev–Trinajstić information content (AvgIpc) is 3.93. The number of nitrogens with zero attached hydrogens (tertiary/aromatic N) is 2. The highest BCUT2D eigenvalue weighted by Crippen LogP contribution is 2.68. The predicted octanol–water partition coefficient (Wildman–Crippen LogP) is 18.2. The molecule has 0 saturated heterocycles. The molecule has 0 bridgehead atoms. The van der Waals surface area contributed by atoms with E-state index in [0.29, 0.717) is 23.0 Å². The number of rotatable bonds is 8. The molecule has 1 heterocycles. The zero-order valence-corrected chi connectivity index (χ0v) is 38.6. The average molecular weight is 909 g/mol. The fourth-order valence-electron chi connectivity index (χ4n) is 11.6. The third-order valence-corrected chi connectivity index (χ3v) is 14.5. The molecule has 0 unspecified atom stereocenters. The summed E-state index contributed by atoms with van der Waals surface area (Å²) in [6.07, 6.45) is 0. The number of ether oxygens (including phenoxy) is 2. The van der Waals surface area contributed by atoms with Crippen LogP contribution < -0.4 is 19.3 Å². The maximum Gasteiger partial charge on any atom is 0.196 e. The quantitative estimate of drug-likeness (QED) is 0.152. The molecule has 0 amide bonds. The van der Waals surface area contributed by atoms with E-state index in [1.807, 2.05) is 0 Å². The first-order valence-electron chi connectivity index (χ1n) is 24.3. The Morgan fingerprint density at radius 1 is 0.254 bits per heavy atom. The molecule has 4 nitrogen and oxygen atoms in total. The van der Waals surface area contributed by atoms with Crippen LogP contribution in [0.5, 0.6) is 23.0 Å². The van der Waals surface area contributed by atoms with Crippen LogP contribution in [0.2, 0.25) is 0 Å². The molecule has 0 saturated carbocycles. The van der Waals surface area contributed by atoms with Crippen molar-refractivity contribution in [1.29, 1.82) is 0 Å². The summed E-state index contributed by atoms with van der Waals surface area (Å²) < 4.78 is 15.4. The summed E-state index contributed by atoms with van der Waals surface area (Å²) in [4.78, 5) is 4.64. The highest BCUT2D eigenvalue weighted by Gasteiger charge is 2.53. The van der Waals surface area contributed by atoms with Crippen LogP contribution in [0.4, 0.5) is 34.1 Å². The molecule has 14 rings (SSSR count). The lowest BCUT2D eigenvalue weighted by Gasteiger charge is -2.36. The van der Waals surface area contributed by atoms with E-state index < -0.39 is 5.41 Å². The van der Waals surface area contributed by atoms with Crippen LogP contribution in [0, 0.1) is 0 Å². The van der Waals surface area contributed by atoms with Crippen molar-refractivity contribution in [3.63, 3.8) is 0 Å². The largest absolute Gasteiger partial charge is 0.447 e. The summed E-state index contributed by atoms with van der Waals surface area (Å²) in [5.41, 5.74) is 19.1. The van der Waals surface area contributed by atoms with Gasteiger partial charge in [0.25, 0.3) is 0 Å². The van der Waals surface area contributed by atoms with Gasteiger partial charge in [-0.2, -0.15) is 0 Å². The van der Waals surface area contributed by atoms with Crippen molar-refractivity contribution < 1.29 is 9.47 Å². The van der Waals surface area contributed by atoms with Gasteiger partial charge < -0.3 is 19.3 Å². The molecule has 1 spiro atoms. The van der Waals surface area contributed by atoms with Crippen LogP contribution in [-0.2, 0) is 5.41 Å². The standard InChI is InChI=1S/C67H44N2O2/c1-5-23-45(24-6-1)49-31-16-21-39-58(49)68(47-27-9-3-10-28-47)60-42-43-61(69(48-29-11-4-12-30-48)59-40-22-17-32-50(59)46-25-7-2-8-26-46)65-64(60)70-62-44-41-57-63(66(62)71-65)53-35-15-20-38-56(53)67(57)54-36-18-13-33-51(54)52-34-14-19-37-55(52)67/h1-44H. The van der Waals surface area contributed by atoms with E-state index in [1.54, 1.807) is 0 Å². The summed E-state index contributed by atoms with van der Waals surface area (Å²) in [5, 5.41) is 0. The van der Waals surface area contributed by atoms with Gasteiger partial charge in [0, 0.05) is 28.1 Å². The molecule has 0 fully saturated rings. The van der Waals surface area contributed by atoms with E-state index in [2.05, 4.69) is 277 Å². The molecule has 3 aliphatic rings. The van der Waals surface area contributed by atoms with Gasteiger partial charge in [-0.25, -0.2) is 0 Å². The Hall–Kier alpha value is -9.38. The zero-order valence-electron chi connectivity index (χ0n) is 38.6. The first kappa shape index (κ1) is 40.7. The van der Waals surface area contributed by atoms with Crippen LogP contribution in [0.1, 0.15) is 22.3 Å². The summed E-state index contributed by atoms with van der Waals surface area (Å²) in [7, 11) is 0. The van der Waals surface area contributed by atoms with E-state index in [-0.39, 0.29) is 0 Å². The zero-order chi connectivity index (χ0) is 46.9. The molecule has 4 heteroatoms. The van der Waals surface area contributed by atoms with Gasteiger partial charge in [-0.1, -0.05) is 212 Å². The number of fused-ring (bicyclic) bond motifs is 13. The van der Waals surface area contributed by atoms with E-state index in [9.17, 15) is 0 Å². The minimum Gasteiger partial charge on any atom is -0.447 e. The Labute approximate surface area is 413 Å². The maximum atomic E-state index is 7.84. The molecule has 0 aromatic heterocycles. The van der Waals surface area contributed by atoms with Gasteiger partial charge in [-0.05, 0) is 105 Å². The Morgan fingerprint density at radius 3 is 1.13 bits per heavy atom. The fourth-order valence-corrected chi connectivity index (χ4v) is 11.6. The summed E-state index contributed by atoms with van der Waals surface area (Å²) in [6, 6.07) is 95.1. The number of anilines is 6. The molecule has 0 N–H and O–H groups in total. The molecule has 71 heavy (non-hydrogen) atoms. The number of para-hydroxylation sites is 4. The van der Waals surface area contributed by atoms with E-state index in [4.69, 9.17) is 9.47 Å². The van der Waals surface area contributed by atoms with Crippen molar-refractivity contribution in [2.24, 2.45) is 0 Å². The van der Waals surface area contributed by atoms with Crippen molar-refractivity contribution in [3.05, 3.63) is 289 Å². The molecule has 334 valence electrons. The molecule has 11 aromatic rings. The Bertz CT molecular complexity index is 3790. The van der Waals surface area contributed by atoms with Crippen molar-refractivity contribution in [2.75, 3.05) is 9.80 Å². The molecule has 1 aliphatic heterocycles. The number of hydrogen-bond acceptors (Lipinski definition) is 4. The second-order valence-corrected chi connectivity index (χ2v) is 18.3. The van der Waals surface area contributed by atoms with Gasteiger partial charge >= 0.3 is 0 Å². The lowest BCUT2D eigenvalue weighted by atomic mass is 9.70. The lowest BCUT2D eigenvalue weighted by molar-refractivity contribution is 0.362. The van der Waals surface area contributed by atoms with Crippen molar-refractivity contribution in [3.8, 4) is 67.5 Å². The fraction of sp³-hybridized carbons (Fsp3) is 0.0149. The Morgan fingerprint density at radius 2 is 0.634 bits per heavy atom. The normalized spacial score (nSPS) is 12.8. The van der Waals surface area contributed by atoms with Crippen LogP contribution in [0.25, 0.3) is 44.5 Å². The summed E-state index contributed by atoms with van der Waals surface area (Å²) >= 11 is 0. The molecule has 11 aromatic carbocycles. The second kappa shape index (κ2) is 16.4.